The van der Waals surface area contributed by atoms with Crippen LogP contribution < -0.4 is 0 Å². The van der Waals surface area contributed by atoms with E-state index in [0.29, 0.717) is 5.92 Å². The monoisotopic (exact) mass is 255 g/mol. The van der Waals surface area contributed by atoms with Crippen LogP contribution >= 0.6 is 0 Å². The van der Waals surface area contributed by atoms with Crippen LogP contribution in [0.4, 0.5) is 4.39 Å². The highest BCUT2D eigenvalue weighted by atomic mass is 19.1. The molecule has 3 nitrogen and oxygen atoms in total. The summed E-state index contributed by atoms with van der Waals surface area (Å²) in [7, 11) is 0. The number of hydrogen-bond donors (Lipinski definition) is 0. The molecular weight excluding hydrogens is 241 g/mol. The van der Waals surface area contributed by atoms with Gasteiger partial charge < -0.3 is 0 Å². The summed E-state index contributed by atoms with van der Waals surface area (Å²) < 4.78 is 14.8. The van der Waals surface area contributed by atoms with Crippen molar-refractivity contribution in [3.05, 3.63) is 54.1 Å². The molecule has 19 heavy (non-hydrogen) atoms. The molecular formula is C15H14FN3. The van der Waals surface area contributed by atoms with Crippen molar-refractivity contribution in [2.24, 2.45) is 0 Å². The smallest absolute Gasteiger partial charge is 0.163 e. The summed E-state index contributed by atoms with van der Waals surface area (Å²) in [5.41, 5.74) is 2.63. The zero-order valence-corrected chi connectivity index (χ0v) is 10.8. The highest BCUT2D eigenvalue weighted by Crippen LogP contribution is 2.25. The molecule has 96 valence electrons. The molecule has 0 bridgehead atoms. The molecule has 0 aliphatic rings. The Kier molecular flexibility index (Phi) is 2.78. The first kappa shape index (κ1) is 11.8. The van der Waals surface area contributed by atoms with Crippen molar-refractivity contribution in [2.75, 3.05) is 0 Å². The maximum atomic E-state index is 13.0. The van der Waals surface area contributed by atoms with Gasteiger partial charge in [-0.1, -0.05) is 13.8 Å². The van der Waals surface area contributed by atoms with Gasteiger partial charge in [0, 0.05) is 11.6 Å². The summed E-state index contributed by atoms with van der Waals surface area (Å²) in [5, 5.41) is 5.66. The van der Waals surface area contributed by atoms with Gasteiger partial charge in [-0.25, -0.2) is 14.1 Å². The fourth-order valence-electron chi connectivity index (χ4n) is 2.16. The van der Waals surface area contributed by atoms with Crippen molar-refractivity contribution < 1.29 is 4.39 Å². The largest absolute Gasteiger partial charge is 0.237 e. The molecule has 0 unspecified atom stereocenters. The summed E-state index contributed by atoms with van der Waals surface area (Å²) in [6.07, 6.45) is 1.74. The topological polar surface area (TPSA) is 30.7 Å². The third kappa shape index (κ3) is 1.99. The van der Waals surface area contributed by atoms with Gasteiger partial charge in [0.05, 0.1) is 11.4 Å². The summed E-state index contributed by atoms with van der Waals surface area (Å²) in [6, 6.07) is 10.2. The number of pyridine rings is 1. The average Bonchev–Trinajstić information content (AvgIpc) is 2.79. The number of halogens is 1. The molecule has 0 amide bonds. The minimum Gasteiger partial charge on any atom is -0.237 e. The molecule has 2 heterocycles. The standard InChI is InChI=1S/C15H14FN3/c1-10(2)14-13-4-3-9-17-15(13)19(18-14)12-7-5-11(16)6-8-12/h3-10H,1-2H3. The van der Waals surface area contributed by atoms with Crippen molar-refractivity contribution in [3.63, 3.8) is 0 Å². The lowest BCUT2D eigenvalue weighted by Crippen LogP contribution is -1.98. The normalized spacial score (nSPS) is 11.4. The molecule has 0 saturated carbocycles. The molecule has 0 spiro atoms. The summed E-state index contributed by atoms with van der Waals surface area (Å²) in [5.74, 6) is 0.0608. The van der Waals surface area contributed by atoms with E-state index in [0.717, 1.165) is 22.4 Å². The number of fused-ring (bicyclic) bond motifs is 1. The Morgan fingerprint density at radius 2 is 1.84 bits per heavy atom. The molecule has 0 aliphatic heterocycles. The van der Waals surface area contributed by atoms with E-state index >= 15 is 0 Å². The van der Waals surface area contributed by atoms with Gasteiger partial charge >= 0.3 is 0 Å². The van der Waals surface area contributed by atoms with Crippen LogP contribution in [-0.2, 0) is 0 Å². The first-order chi connectivity index (χ1) is 9.16. The summed E-state index contributed by atoms with van der Waals surface area (Å²) >= 11 is 0. The number of benzene rings is 1. The van der Waals surface area contributed by atoms with Crippen LogP contribution in [0.1, 0.15) is 25.5 Å². The zero-order valence-electron chi connectivity index (χ0n) is 10.8. The van der Waals surface area contributed by atoms with Crippen LogP contribution in [0, 0.1) is 5.82 Å². The lowest BCUT2D eigenvalue weighted by Gasteiger charge is -2.02. The Labute approximate surface area is 110 Å². The van der Waals surface area contributed by atoms with E-state index < -0.39 is 0 Å². The average molecular weight is 255 g/mol. The molecule has 3 aromatic rings. The SMILES string of the molecule is CC(C)c1nn(-c2ccc(F)cc2)c2ncccc12. The fraction of sp³-hybridized carbons (Fsp3) is 0.200. The van der Waals surface area contributed by atoms with Gasteiger partial charge in [0.2, 0.25) is 0 Å². The Morgan fingerprint density at radius 3 is 2.53 bits per heavy atom. The van der Waals surface area contributed by atoms with Crippen molar-refractivity contribution >= 4 is 11.0 Å². The second-order valence-electron chi connectivity index (χ2n) is 4.80. The second-order valence-corrected chi connectivity index (χ2v) is 4.80. The van der Waals surface area contributed by atoms with Gasteiger partial charge in [-0.2, -0.15) is 5.10 Å². The Balaban J connectivity index is 2.26. The van der Waals surface area contributed by atoms with Gasteiger partial charge in [0.1, 0.15) is 5.82 Å². The van der Waals surface area contributed by atoms with Crippen molar-refractivity contribution in [1.29, 1.82) is 0 Å². The van der Waals surface area contributed by atoms with Gasteiger partial charge in [-0.15, -0.1) is 0 Å². The molecule has 0 saturated heterocycles. The van der Waals surface area contributed by atoms with E-state index in [4.69, 9.17) is 0 Å². The van der Waals surface area contributed by atoms with Crippen LogP contribution in [-0.4, -0.2) is 14.8 Å². The highest BCUT2D eigenvalue weighted by molar-refractivity contribution is 5.80. The fourth-order valence-corrected chi connectivity index (χ4v) is 2.16. The molecule has 3 rings (SSSR count). The lowest BCUT2D eigenvalue weighted by molar-refractivity contribution is 0.627. The van der Waals surface area contributed by atoms with Crippen molar-refractivity contribution in [1.82, 2.24) is 14.8 Å². The molecule has 0 N–H and O–H groups in total. The van der Waals surface area contributed by atoms with E-state index in [9.17, 15) is 4.39 Å². The van der Waals surface area contributed by atoms with Crippen LogP contribution in [0.3, 0.4) is 0 Å². The maximum Gasteiger partial charge on any atom is 0.163 e. The minimum atomic E-state index is -0.253. The first-order valence-corrected chi connectivity index (χ1v) is 6.26. The highest BCUT2D eigenvalue weighted by Gasteiger charge is 2.14. The van der Waals surface area contributed by atoms with E-state index in [2.05, 4.69) is 23.9 Å². The van der Waals surface area contributed by atoms with Gasteiger partial charge in [-0.05, 0) is 42.3 Å². The number of nitrogens with zero attached hydrogens (tertiary/aromatic N) is 3. The van der Waals surface area contributed by atoms with E-state index in [1.165, 1.54) is 12.1 Å². The number of aromatic nitrogens is 3. The van der Waals surface area contributed by atoms with Crippen molar-refractivity contribution in [3.8, 4) is 5.69 Å². The molecule has 0 aliphatic carbocycles. The molecule has 1 aromatic carbocycles. The molecule has 0 atom stereocenters. The summed E-state index contributed by atoms with van der Waals surface area (Å²) in [6.45, 7) is 4.20. The maximum absolute atomic E-state index is 13.0. The predicted octanol–water partition coefficient (Wildman–Crippen LogP) is 3.68. The number of hydrogen-bond acceptors (Lipinski definition) is 2. The number of rotatable bonds is 2. The van der Waals surface area contributed by atoms with Gasteiger partial charge in [0.25, 0.3) is 0 Å². The van der Waals surface area contributed by atoms with Crippen LogP contribution in [0.25, 0.3) is 16.7 Å². The summed E-state index contributed by atoms with van der Waals surface area (Å²) in [4.78, 5) is 4.39. The molecule has 4 heteroatoms. The minimum absolute atomic E-state index is 0.253. The third-order valence-corrected chi connectivity index (χ3v) is 3.09. The lowest BCUT2D eigenvalue weighted by atomic mass is 10.1. The Hall–Kier alpha value is -2.23. The Bertz CT molecular complexity index is 714. The van der Waals surface area contributed by atoms with Crippen molar-refractivity contribution in [2.45, 2.75) is 19.8 Å². The zero-order chi connectivity index (χ0) is 13.4. The predicted molar refractivity (Wildman–Crippen MR) is 72.9 cm³/mol. The van der Waals surface area contributed by atoms with E-state index in [1.807, 2.05) is 12.1 Å². The second kappa shape index (κ2) is 4.46. The van der Waals surface area contributed by atoms with Gasteiger partial charge in [-0.3, -0.25) is 0 Å². The molecule has 0 radical (unpaired) electrons. The molecule has 2 aromatic heterocycles. The first-order valence-electron chi connectivity index (χ1n) is 6.26. The van der Waals surface area contributed by atoms with E-state index in [-0.39, 0.29) is 5.82 Å². The van der Waals surface area contributed by atoms with Crippen LogP contribution in [0.2, 0.25) is 0 Å². The Morgan fingerprint density at radius 1 is 1.11 bits per heavy atom. The van der Waals surface area contributed by atoms with E-state index in [1.54, 1.807) is 23.0 Å². The molecule has 0 fully saturated rings. The van der Waals surface area contributed by atoms with Crippen LogP contribution in [0.15, 0.2) is 42.6 Å². The quantitative estimate of drug-likeness (QED) is 0.699. The van der Waals surface area contributed by atoms with Gasteiger partial charge in [0.15, 0.2) is 5.65 Å². The third-order valence-electron chi connectivity index (χ3n) is 3.09. The van der Waals surface area contributed by atoms with Crippen LogP contribution in [0.5, 0.6) is 0 Å².